The zero-order valence-corrected chi connectivity index (χ0v) is 18.6. The van der Waals surface area contributed by atoms with Crippen LogP contribution in [0.15, 0.2) is 63.5 Å². The molecule has 1 atom stereocenters. The highest BCUT2D eigenvalue weighted by atomic mass is 32.2. The highest BCUT2D eigenvalue weighted by Gasteiger charge is 2.43. The van der Waals surface area contributed by atoms with Gasteiger partial charge in [-0.25, -0.2) is 9.97 Å². The van der Waals surface area contributed by atoms with Gasteiger partial charge in [-0.15, -0.1) is 0 Å². The van der Waals surface area contributed by atoms with E-state index in [0.29, 0.717) is 11.5 Å². The van der Waals surface area contributed by atoms with Gasteiger partial charge in [0, 0.05) is 59.6 Å². The van der Waals surface area contributed by atoms with Crippen LogP contribution in [-0.2, 0) is 0 Å². The van der Waals surface area contributed by atoms with E-state index in [-0.39, 0.29) is 5.56 Å². The van der Waals surface area contributed by atoms with Gasteiger partial charge in [0.1, 0.15) is 0 Å². The van der Waals surface area contributed by atoms with E-state index >= 15 is 0 Å². The number of benzene rings is 1. The molecule has 3 aromatic heterocycles. The van der Waals surface area contributed by atoms with Crippen LogP contribution in [0, 0.1) is 5.41 Å². The summed E-state index contributed by atoms with van der Waals surface area (Å²) in [6, 6.07) is 9.85. The number of fused-ring (bicyclic) bond motifs is 2. The number of imidazole rings is 1. The minimum absolute atomic E-state index is 0.109. The molecule has 32 heavy (non-hydrogen) atoms. The van der Waals surface area contributed by atoms with Crippen molar-refractivity contribution in [3.63, 3.8) is 0 Å². The molecule has 4 aromatic rings. The number of aromatic amines is 1. The summed E-state index contributed by atoms with van der Waals surface area (Å²) in [7, 11) is 0. The van der Waals surface area contributed by atoms with Crippen LogP contribution in [0.25, 0.3) is 16.6 Å². The molecular formula is C24H26N6OS. The molecule has 2 aliphatic rings. The molecule has 2 fully saturated rings. The van der Waals surface area contributed by atoms with Gasteiger partial charge in [-0.1, -0.05) is 36.4 Å². The molecule has 4 heterocycles. The molecule has 164 valence electrons. The van der Waals surface area contributed by atoms with E-state index in [0.717, 1.165) is 64.6 Å². The Morgan fingerprint density at radius 3 is 2.78 bits per heavy atom. The molecule has 1 spiro atoms. The number of piperidine rings is 1. The second-order valence-corrected chi connectivity index (χ2v) is 10.1. The Morgan fingerprint density at radius 1 is 1.12 bits per heavy atom. The molecule has 1 saturated carbocycles. The third-order valence-electron chi connectivity index (χ3n) is 7.32. The second-order valence-electron chi connectivity index (χ2n) is 9.04. The van der Waals surface area contributed by atoms with Gasteiger partial charge in [0.05, 0.1) is 4.90 Å². The Balaban J connectivity index is 1.32. The van der Waals surface area contributed by atoms with Crippen molar-refractivity contribution in [1.29, 1.82) is 0 Å². The van der Waals surface area contributed by atoms with Crippen molar-refractivity contribution in [3.8, 4) is 0 Å². The van der Waals surface area contributed by atoms with E-state index in [2.05, 4.69) is 19.3 Å². The van der Waals surface area contributed by atoms with Crippen molar-refractivity contribution >= 4 is 34.3 Å². The van der Waals surface area contributed by atoms with Crippen molar-refractivity contribution in [2.24, 2.45) is 11.1 Å². The monoisotopic (exact) mass is 446 g/mol. The van der Waals surface area contributed by atoms with E-state index in [4.69, 9.17) is 10.7 Å². The molecule has 1 aliphatic carbocycles. The predicted molar refractivity (Wildman–Crippen MR) is 127 cm³/mol. The van der Waals surface area contributed by atoms with Gasteiger partial charge in [-0.05, 0) is 37.2 Å². The van der Waals surface area contributed by atoms with Crippen LogP contribution in [-0.4, -0.2) is 38.5 Å². The fourth-order valence-electron chi connectivity index (χ4n) is 5.50. The quantitative estimate of drug-likeness (QED) is 0.497. The summed E-state index contributed by atoms with van der Waals surface area (Å²) < 4.78 is 2.07. The van der Waals surface area contributed by atoms with Crippen molar-refractivity contribution < 1.29 is 0 Å². The highest BCUT2D eigenvalue weighted by molar-refractivity contribution is 7.99. The lowest BCUT2D eigenvalue weighted by Crippen LogP contribution is -2.47. The maximum absolute atomic E-state index is 12.2. The largest absolute Gasteiger partial charge is 0.342 e. The van der Waals surface area contributed by atoms with Crippen molar-refractivity contribution in [2.75, 3.05) is 18.0 Å². The number of nitrogens with zero attached hydrogens (tertiary/aromatic N) is 4. The van der Waals surface area contributed by atoms with Gasteiger partial charge >= 0.3 is 0 Å². The molecule has 6 rings (SSSR count). The van der Waals surface area contributed by atoms with Crippen LogP contribution in [0.4, 0.5) is 5.95 Å². The maximum atomic E-state index is 12.2. The number of nitrogens with two attached hydrogens (primary N) is 1. The topological polar surface area (TPSA) is 92.3 Å². The van der Waals surface area contributed by atoms with Gasteiger partial charge in [-0.2, -0.15) is 0 Å². The third kappa shape index (κ3) is 3.20. The summed E-state index contributed by atoms with van der Waals surface area (Å²) in [4.78, 5) is 28.7. The zero-order valence-electron chi connectivity index (χ0n) is 17.8. The van der Waals surface area contributed by atoms with Gasteiger partial charge in [0.15, 0.2) is 5.65 Å². The minimum Gasteiger partial charge on any atom is -0.342 e. The Kier molecular flexibility index (Phi) is 4.73. The van der Waals surface area contributed by atoms with Crippen LogP contribution < -0.4 is 16.2 Å². The van der Waals surface area contributed by atoms with Crippen LogP contribution >= 0.6 is 11.8 Å². The maximum Gasteiger partial charge on any atom is 0.249 e. The van der Waals surface area contributed by atoms with Crippen molar-refractivity contribution in [1.82, 2.24) is 19.4 Å². The van der Waals surface area contributed by atoms with E-state index in [1.54, 1.807) is 6.07 Å². The first-order valence-electron chi connectivity index (χ1n) is 11.3. The number of H-pyrrole nitrogens is 1. The van der Waals surface area contributed by atoms with E-state index in [1.807, 2.05) is 42.9 Å². The Morgan fingerprint density at radius 2 is 1.97 bits per heavy atom. The summed E-state index contributed by atoms with van der Waals surface area (Å²) in [5, 5.41) is 1.01. The number of nitrogens with one attached hydrogen (secondary N) is 1. The van der Waals surface area contributed by atoms with Gasteiger partial charge in [-0.3, -0.25) is 9.20 Å². The summed E-state index contributed by atoms with van der Waals surface area (Å²) in [6.45, 7) is 1.94. The SMILES string of the molecule is NC1CCCC12CCN(c1ncc(Sc3cc(=O)[nH]c4ccccc34)c3nccn13)CC2. The van der Waals surface area contributed by atoms with Crippen LogP contribution in [0.2, 0.25) is 0 Å². The second kappa shape index (κ2) is 7.64. The molecule has 1 aliphatic heterocycles. The van der Waals surface area contributed by atoms with Crippen LogP contribution in [0.3, 0.4) is 0 Å². The molecule has 3 N–H and O–H groups in total. The third-order valence-corrected chi connectivity index (χ3v) is 8.39. The van der Waals surface area contributed by atoms with Crippen molar-refractivity contribution in [3.05, 3.63) is 59.3 Å². The number of anilines is 1. The predicted octanol–water partition coefficient (Wildman–Crippen LogP) is 3.82. The molecule has 1 unspecified atom stereocenters. The van der Waals surface area contributed by atoms with Crippen LogP contribution in [0.5, 0.6) is 0 Å². The Labute approximate surface area is 190 Å². The van der Waals surface area contributed by atoms with Crippen LogP contribution in [0.1, 0.15) is 32.1 Å². The number of rotatable bonds is 3. The van der Waals surface area contributed by atoms with Gasteiger partial charge < -0.3 is 15.6 Å². The number of aromatic nitrogens is 4. The Hall–Kier alpha value is -2.84. The highest BCUT2D eigenvalue weighted by Crippen LogP contribution is 2.46. The van der Waals surface area contributed by atoms with Gasteiger partial charge in [0.2, 0.25) is 11.5 Å². The molecule has 1 aromatic carbocycles. The number of hydrogen-bond donors (Lipinski definition) is 2. The van der Waals surface area contributed by atoms with Crippen molar-refractivity contribution in [2.45, 2.75) is 47.9 Å². The Bertz CT molecular complexity index is 1350. The smallest absolute Gasteiger partial charge is 0.249 e. The molecular weight excluding hydrogens is 420 g/mol. The normalized spacial score (nSPS) is 20.5. The van der Waals surface area contributed by atoms with Gasteiger partial charge in [0.25, 0.3) is 0 Å². The average molecular weight is 447 g/mol. The number of para-hydroxylation sites is 1. The lowest BCUT2D eigenvalue weighted by molar-refractivity contribution is 0.197. The van der Waals surface area contributed by atoms with E-state index < -0.39 is 0 Å². The standard InChI is InChI=1S/C24H26N6OS/c25-20-6-3-7-24(20)8-11-29(12-9-24)23-27-15-19(22-26-10-13-30(22)23)32-18-14-21(31)28-17-5-2-1-4-16(17)18/h1-2,4-5,10,13-15,20H,3,6-9,11-12,25H2,(H,28,31). The average Bonchev–Trinajstić information content (AvgIpc) is 3.43. The first-order chi connectivity index (χ1) is 15.6. The molecule has 0 amide bonds. The molecule has 8 heteroatoms. The summed E-state index contributed by atoms with van der Waals surface area (Å²) in [5.74, 6) is 0.930. The molecule has 0 bridgehead atoms. The summed E-state index contributed by atoms with van der Waals surface area (Å²) in [6.07, 6.45) is 11.6. The lowest BCUT2D eigenvalue weighted by Gasteiger charge is -2.42. The zero-order chi connectivity index (χ0) is 21.7. The van der Waals surface area contributed by atoms with E-state index in [9.17, 15) is 4.79 Å². The fraction of sp³-hybridized carbons (Fsp3) is 0.375. The number of pyridine rings is 1. The summed E-state index contributed by atoms with van der Waals surface area (Å²) >= 11 is 1.54. The minimum atomic E-state index is -0.109. The summed E-state index contributed by atoms with van der Waals surface area (Å²) in [5.41, 5.74) is 8.38. The first-order valence-corrected chi connectivity index (χ1v) is 12.1. The lowest BCUT2D eigenvalue weighted by atomic mass is 9.74. The van der Waals surface area contributed by atoms with E-state index in [1.165, 1.54) is 24.6 Å². The fourth-order valence-corrected chi connectivity index (χ4v) is 6.54. The molecule has 7 nitrogen and oxygen atoms in total. The number of hydrogen-bond acceptors (Lipinski definition) is 6. The molecule has 1 saturated heterocycles. The molecule has 0 radical (unpaired) electrons. The first kappa shape index (κ1) is 19.8.